The summed E-state index contributed by atoms with van der Waals surface area (Å²) in [6, 6.07) is 0. The Bertz CT molecular complexity index is 527. The summed E-state index contributed by atoms with van der Waals surface area (Å²) < 4.78 is 5.61. The minimum Gasteiger partial charge on any atom is -0.419 e. The van der Waals surface area contributed by atoms with Gasteiger partial charge in [0.2, 0.25) is 5.89 Å². The van der Waals surface area contributed by atoms with Crippen LogP contribution in [0.3, 0.4) is 0 Å². The average Bonchev–Trinajstić information content (AvgIpc) is 2.92. The van der Waals surface area contributed by atoms with Crippen molar-refractivity contribution >= 4 is 11.3 Å². The number of nitrogens with zero attached hydrogens (tertiary/aromatic N) is 3. The van der Waals surface area contributed by atoms with Gasteiger partial charge < -0.3 is 9.73 Å². The van der Waals surface area contributed by atoms with Gasteiger partial charge in [-0.3, -0.25) is 0 Å². The molecule has 0 unspecified atom stereocenters. The van der Waals surface area contributed by atoms with Gasteiger partial charge in [0.25, 0.3) is 5.89 Å². The van der Waals surface area contributed by atoms with Crippen LogP contribution in [0.25, 0.3) is 11.6 Å². The fraction of sp³-hybridized carbons (Fsp3) is 0.615. The van der Waals surface area contributed by atoms with Gasteiger partial charge in [-0.25, -0.2) is 4.98 Å². The van der Waals surface area contributed by atoms with E-state index in [0.717, 1.165) is 30.1 Å². The topological polar surface area (TPSA) is 63.8 Å². The van der Waals surface area contributed by atoms with Gasteiger partial charge >= 0.3 is 0 Å². The molecule has 0 amide bonds. The van der Waals surface area contributed by atoms with Gasteiger partial charge in [0, 0.05) is 17.3 Å². The molecule has 19 heavy (non-hydrogen) atoms. The molecule has 104 valence electrons. The highest BCUT2D eigenvalue weighted by Gasteiger charge is 2.12. The molecule has 0 aromatic carbocycles. The Hall–Kier alpha value is -1.27. The minimum atomic E-state index is 0.151. The molecule has 0 spiro atoms. The van der Waals surface area contributed by atoms with Crippen molar-refractivity contribution in [3.63, 3.8) is 0 Å². The Morgan fingerprint density at radius 1 is 1.32 bits per heavy atom. The van der Waals surface area contributed by atoms with Gasteiger partial charge in [0.05, 0.1) is 5.01 Å². The molecule has 0 saturated heterocycles. The maximum atomic E-state index is 5.61. The van der Waals surface area contributed by atoms with E-state index < -0.39 is 0 Å². The molecule has 0 fully saturated rings. The first-order valence-corrected chi connectivity index (χ1v) is 7.32. The van der Waals surface area contributed by atoms with Gasteiger partial charge in [-0.15, -0.1) is 21.5 Å². The lowest BCUT2D eigenvalue weighted by molar-refractivity contribution is 0.412. The first kappa shape index (κ1) is 14.1. The SMILES string of the molecule is Cc1nc(-c2nnc(CCCNC(C)(C)C)o2)cs1. The van der Waals surface area contributed by atoms with Crippen molar-refractivity contribution in [3.8, 4) is 11.6 Å². The first-order valence-electron chi connectivity index (χ1n) is 6.44. The molecule has 0 atom stereocenters. The van der Waals surface area contributed by atoms with Crippen LogP contribution in [0.15, 0.2) is 9.80 Å². The average molecular weight is 280 g/mol. The zero-order valence-electron chi connectivity index (χ0n) is 11.9. The second-order valence-corrected chi connectivity index (χ2v) is 6.60. The summed E-state index contributed by atoms with van der Waals surface area (Å²) >= 11 is 1.58. The van der Waals surface area contributed by atoms with Crippen molar-refractivity contribution in [1.29, 1.82) is 0 Å². The molecule has 6 heteroatoms. The largest absolute Gasteiger partial charge is 0.419 e. The molecular weight excluding hydrogens is 260 g/mol. The van der Waals surface area contributed by atoms with Crippen molar-refractivity contribution in [1.82, 2.24) is 20.5 Å². The number of aryl methyl sites for hydroxylation is 2. The fourth-order valence-electron chi connectivity index (χ4n) is 1.62. The molecule has 2 aromatic heterocycles. The van der Waals surface area contributed by atoms with E-state index in [9.17, 15) is 0 Å². The lowest BCUT2D eigenvalue weighted by atomic mass is 10.1. The number of thiazole rings is 1. The zero-order chi connectivity index (χ0) is 13.9. The molecule has 2 heterocycles. The lowest BCUT2D eigenvalue weighted by Crippen LogP contribution is -2.36. The summed E-state index contributed by atoms with van der Waals surface area (Å²) in [5, 5.41) is 14.5. The van der Waals surface area contributed by atoms with E-state index in [2.05, 4.69) is 41.3 Å². The van der Waals surface area contributed by atoms with Gasteiger partial charge in [0.1, 0.15) is 5.69 Å². The molecule has 2 rings (SSSR count). The highest BCUT2D eigenvalue weighted by Crippen LogP contribution is 2.20. The van der Waals surface area contributed by atoms with Crippen molar-refractivity contribution in [2.24, 2.45) is 0 Å². The van der Waals surface area contributed by atoms with Crippen molar-refractivity contribution < 1.29 is 4.42 Å². The van der Waals surface area contributed by atoms with E-state index in [1.807, 2.05) is 12.3 Å². The predicted molar refractivity (Wildman–Crippen MR) is 76.2 cm³/mol. The normalized spacial score (nSPS) is 12.0. The number of hydrogen-bond acceptors (Lipinski definition) is 6. The second kappa shape index (κ2) is 5.79. The molecule has 0 saturated carbocycles. The number of aromatic nitrogens is 3. The van der Waals surface area contributed by atoms with Crippen LogP contribution in [0, 0.1) is 6.92 Å². The Morgan fingerprint density at radius 2 is 2.11 bits per heavy atom. The van der Waals surface area contributed by atoms with Gasteiger partial charge in [-0.05, 0) is 40.7 Å². The molecule has 0 aliphatic carbocycles. The monoisotopic (exact) mass is 280 g/mol. The Labute approximate surface area is 117 Å². The number of nitrogens with one attached hydrogen (secondary N) is 1. The standard InChI is InChI=1S/C13H20N4OS/c1-9-15-10(8-19-9)12-17-16-11(18-12)6-5-7-14-13(2,3)4/h8,14H,5-7H2,1-4H3. The van der Waals surface area contributed by atoms with Crippen molar-refractivity contribution in [3.05, 3.63) is 16.3 Å². The summed E-state index contributed by atoms with van der Waals surface area (Å²) in [5.74, 6) is 1.19. The Kier molecular flexibility index (Phi) is 4.31. The molecule has 0 radical (unpaired) electrons. The molecule has 0 aliphatic heterocycles. The van der Waals surface area contributed by atoms with Crippen LogP contribution >= 0.6 is 11.3 Å². The van der Waals surface area contributed by atoms with Crippen LogP contribution in [0.5, 0.6) is 0 Å². The number of hydrogen-bond donors (Lipinski definition) is 1. The second-order valence-electron chi connectivity index (χ2n) is 5.53. The maximum absolute atomic E-state index is 5.61. The van der Waals surface area contributed by atoms with Crippen LogP contribution < -0.4 is 5.32 Å². The van der Waals surface area contributed by atoms with Crippen LogP contribution in [-0.2, 0) is 6.42 Å². The van der Waals surface area contributed by atoms with Crippen LogP contribution in [0.2, 0.25) is 0 Å². The maximum Gasteiger partial charge on any atom is 0.267 e. The van der Waals surface area contributed by atoms with E-state index in [1.165, 1.54) is 0 Å². The quantitative estimate of drug-likeness (QED) is 0.853. The predicted octanol–water partition coefficient (Wildman–Crippen LogP) is 2.82. The molecule has 5 nitrogen and oxygen atoms in total. The summed E-state index contributed by atoms with van der Waals surface area (Å²) in [4.78, 5) is 4.33. The summed E-state index contributed by atoms with van der Waals surface area (Å²) in [5.41, 5.74) is 0.923. The third-order valence-corrected chi connectivity index (χ3v) is 3.30. The van der Waals surface area contributed by atoms with Gasteiger partial charge in [-0.2, -0.15) is 0 Å². The molecule has 1 N–H and O–H groups in total. The third-order valence-electron chi connectivity index (χ3n) is 2.53. The Balaban J connectivity index is 1.85. The van der Waals surface area contributed by atoms with Gasteiger partial charge in [0.15, 0.2) is 0 Å². The lowest BCUT2D eigenvalue weighted by Gasteiger charge is -2.19. The molecule has 2 aromatic rings. The van der Waals surface area contributed by atoms with Crippen LogP contribution in [0.4, 0.5) is 0 Å². The van der Waals surface area contributed by atoms with E-state index in [-0.39, 0.29) is 5.54 Å². The third kappa shape index (κ3) is 4.40. The highest BCUT2D eigenvalue weighted by atomic mass is 32.1. The van der Waals surface area contributed by atoms with E-state index in [4.69, 9.17) is 4.42 Å². The number of rotatable bonds is 5. The fourth-order valence-corrected chi connectivity index (χ4v) is 2.21. The van der Waals surface area contributed by atoms with Crippen LogP contribution in [0.1, 0.15) is 38.1 Å². The van der Waals surface area contributed by atoms with Crippen molar-refractivity contribution in [2.75, 3.05) is 6.54 Å². The zero-order valence-corrected chi connectivity index (χ0v) is 12.7. The highest BCUT2D eigenvalue weighted by molar-refractivity contribution is 7.09. The smallest absolute Gasteiger partial charge is 0.267 e. The van der Waals surface area contributed by atoms with E-state index in [1.54, 1.807) is 11.3 Å². The molecule has 0 bridgehead atoms. The summed E-state index contributed by atoms with van der Waals surface area (Å²) in [6.45, 7) is 9.37. The molecule has 0 aliphatic rings. The first-order chi connectivity index (χ1) is 8.94. The van der Waals surface area contributed by atoms with Gasteiger partial charge in [-0.1, -0.05) is 0 Å². The minimum absolute atomic E-state index is 0.151. The molecular formula is C13H20N4OS. The summed E-state index contributed by atoms with van der Waals surface area (Å²) in [6.07, 6.45) is 1.77. The van der Waals surface area contributed by atoms with E-state index in [0.29, 0.717) is 11.8 Å². The summed E-state index contributed by atoms with van der Waals surface area (Å²) in [7, 11) is 0. The Morgan fingerprint density at radius 3 is 2.74 bits per heavy atom. The van der Waals surface area contributed by atoms with Crippen molar-refractivity contribution in [2.45, 2.75) is 46.1 Å². The van der Waals surface area contributed by atoms with Crippen LogP contribution in [-0.4, -0.2) is 27.3 Å². The van der Waals surface area contributed by atoms with E-state index >= 15 is 0 Å².